The van der Waals surface area contributed by atoms with Crippen LogP contribution in [-0.2, 0) is 16.4 Å². The molecule has 0 unspecified atom stereocenters. The zero-order valence-corrected chi connectivity index (χ0v) is 16.5. The Hall–Kier alpha value is -1.69. The van der Waals surface area contributed by atoms with Gasteiger partial charge in [-0.05, 0) is 56.0 Å². The Morgan fingerprint density at radius 1 is 0.923 bits per heavy atom. The minimum Gasteiger partial charge on any atom is -0.301 e. The third-order valence-corrected chi connectivity index (χ3v) is 7.12. The smallest absolute Gasteiger partial charge is 0.243 e. The standard InChI is InChI=1S/C21H28N2O2S/c1-18-10-11-19(2)21(17-18)26(24,25)23-15-13-22(14-16-23)12-6-9-20-7-4-3-5-8-20/h3-5,7-8,10-11,17H,6,9,12-16H2,1-2H3. The van der Waals surface area contributed by atoms with Crippen LogP contribution in [0.1, 0.15) is 23.1 Å². The van der Waals surface area contributed by atoms with Crippen LogP contribution >= 0.6 is 0 Å². The first-order valence-electron chi connectivity index (χ1n) is 9.30. The summed E-state index contributed by atoms with van der Waals surface area (Å²) < 4.78 is 27.6. The zero-order valence-electron chi connectivity index (χ0n) is 15.7. The lowest BCUT2D eigenvalue weighted by molar-refractivity contribution is 0.187. The van der Waals surface area contributed by atoms with Crippen LogP contribution < -0.4 is 0 Å². The summed E-state index contributed by atoms with van der Waals surface area (Å²) >= 11 is 0. The molecule has 1 heterocycles. The highest BCUT2D eigenvalue weighted by Gasteiger charge is 2.29. The molecule has 2 aromatic carbocycles. The van der Waals surface area contributed by atoms with E-state index < -0.39 is 10.0 Å². The highest BCUT2D eigenvalue weighted by molar-refractivity contribution is 7.89. The Bertz CT molecular complexity index is 826. The van der Waals surface area contributed by atoms with E-state index in [1.807, 2.05) is 32.0 Å². The first-order valence-corrected chi connectivity index (χ1v) is 10.7. The fourth-order valence-electron chi connectivity index (χ4n) is 3.47. The van der Waals surface area contributed by atoms with E-state index in [-0.39, 0.29) is 0 Å². The van der Waals surface area contributed by atoms with Crippen LogP contribution in [0.25, 0.3) is 0 Å². The predicted molar refractivity (Wildman–Crippen MR) is 106 cm³/mol. The molecular weight excluding hydrogens is 344 g/mol. The maximum Gasteiger partial charge on any atom is 0.243 e. The number of sulfonamides is 1. The summed E-state index contributed by atoms with van der Waals surface area (Å²) in [6.45, 7) is 7.57. The SMILES string of the molecule is Cc1ccc(C)c(S(=O)(=O)N2CCN(CCCc3ccccc3)CC2)c1. The van der Waals surface area contributed by atoms with E-state index in [1.54, 1.807) is 10.4 Å². The summed E-state index contributed by atoms with van der Waals surface area (Å²) in [6.07, 6.45) is 2.18. The molecular formula is C21H28N2O2S. The maximum atomic E-state index is 13.0. The Labute approximate surface area is 157 Å². The highest BCUT2D eigenvalue weighted by atomic mass is 32.2. The molecule has 4 nitrogen and oxygen atoms in total. The van der Waals surface area contributed by atoms with E-state index in [4.69, 9.17) is 0 Å². The number of piperazine rings is 1. The maximum absolute atomic E-state index is 13.0. The third-order valence-electron chi connectivity index (χ3n) is 5.08. The van der Waals surface area contributed by atoms with Crippen LogP contribution in [0, 0.1) is 13.8 Å². The Morgan fingerprint density at radius 3 is 2.31 bits per heavy atom. The highest BCUT2D eigenvalue weighted by Crippen LogP contribution is 2.22. The minimum atomic E-state index is -3.40. The van der Waals surface area contributed by atoms with Gasteiger partial charge in [0.05, 0.1) is 4.90 Å². The van der Waals surface area contributed by atoms with Gasteiger partial charge in [0, 0.05) is 26.2 Å². The molecule has 0 bridgehead atoms. The average molecular weight is 373 g/mol. The number of benzene rings is 2. The Kier molecular flexibility index (Phi) is 6.12. The monoisotopic (exact) mass is 372 g/mol. The summed E-state index contributed by atoms with van der Waals surface area (Å²) in [7, 11) is -3.40. The lowest BCUT2D eigenvalue weighted by Crippen LogP contribution is -2.48. The molecule has 3 rings (SSSR count). The molecule has 5 heteroatoms. The topological polar surface area (TPSA) is 40.6 Å². The van der Waals surface area contributed by atoms with E-state index in [0.29, 0.717) is 18.0 Å². The van der Waals surface area contributed by atoms with Crippen molar-refractivity contribution < 1.29 is 8.42 Å². The van der Waals surface area contributed by atoms with Gasteiger partial charge in [0.2, 0.25) is 10.0 Å². The van der Waals surface area contributed by atoms with Gasteiger partial charge < -0.3 is 4.90 Å². The second kappa shape index (κ2) is 8.33. The lowest BCUT2D eigenvalue weighted by atomic mass is 10.1. The first kappa shape index (κ1) is 19.1. The van der Waals surface area contributed by atoms with Gasteiger partial charge in [-0.3, -0.25) is 0 Å². The summed E-state index contributed by atoms with van der Waals surface area (Å²) in [5.41, 5.74) is 3.17. The Morgan fingerprint density at radius 2 is 1.62 bits per heavy atom. The molecule has 0 atom stereocenters. The fraction of sp³-hybridized carbons (Fsp3) is 0.429. The molecule has 140 valence electrons. The summed E-state index contributed by atoms with van der Waals surface area (Å²) in [5, 5.41) is 0. The van der Waals surface area contributed by atoms with Crippen molar-refractivity contribution in [1.82, 2.24) is 9.21 Å². The molecule has 1 fully saturated rings. The van der Waals surface area contributed by atoms with Gasteiger partial charge >= 0.3 is 0 Å². The average Bonchev–Trinajstić information content (AvgIpc) is 2.65. The van der Waals surface area contributed by atoms with E-state index in [1.165, 1.54) is 5.56 Å². The normalized spacial score (nSPS) is 16.7. The second-order valence-corrected chi connectivity index (χ2v) is 9.01. The third kappa shape index (κ3) is 4.53. The lowest BCUT2D eigenvalue weighted by Gasteiger charge is -2.34. The first-order chi connectivity index (χ1) is 12.5. The van der Waals surface area contributed by atoms with Crippen LogP contribution in [0.15, 0.2) is 53.4 Å². The van der Waals surface area contributed by atoms with Crippen molar-refractivity contribution in [2.24, 2.45) is 0 Å². The van der Waals surface area contributed by atoms with Gasteiger partial charge in [0.15, 0.2) is 0 Å². The van der Waals surface area contributed by atoms with Gasteiger partial charge in [0.25, 0.3) is 0 Å². The van der Waals surface area contributed by atoms with E-state index >= 15 is 0 Å². The number of nitrogens with zero attached hydrogens (tertiary/aromatic N) is 2. The van der Waals surface area contributed by atoms with Crippen molar-refractivity contribution >= 4 is 10.0 Å². The van der Waals surface area contributed by atoms with E-state index in [2.05, 4.69) is 29.2 Å². The van der Waals surface area contributed by atoms with Gasteiger partial charge in [-0.1, -0.05) is 42.5 Å². The van der Waals surface area contributed by atoms with Crippen molar-refractivity contribution in [2.75, 3.05) is 32.7 Å². The van der Waals surface area contributed by atoms with Crippen LogP contribution in [0.2, 0.25) is 0 Å². The Balaban J connectivity index is 1.53. The van der Waals surface area contributed by atoms with Crippen molar-refractivity contribution in [3.63, 3.8) is 0 Å². The quantitative estimate of drug-likeness (QED) is 0.782. The van der Waals surface area contributed by atoms with Crippen molar-refractivity contribution in [1.29, 1.82) is 0 Å². The van der Waals surface area contributed by atoms with Gasteiger partial charge in [-0.2, -0.15) is 4.31 Å². The summed E-state index contributed by atoms with van der Waals surface area (Å²) in [6, 6.07) is 16.2. The number of aryl methyl sites for hydroxylation is 3. The number of rotatable bonds is 6. The van der Waals surface area contributed by atoms with Crippen LogP contribution in [0.4, 0.5) is 0 Å². The molecule has 26 heavy (non-hydrogen) atoms. The summed E-state index contributed by atoms with van der Waals surface area (Å²) in [5.74, 6) is 0. The molecule has 0 spiro atoms. The fourth-order valence-corrected chi connectivity index (χ4v) is 5.20. The molecule has 0 aliphatic carbocycles. The predicted octanol–water partition coefficient (Wildman–Crippen LogP) is 3.24. The number of hydrogen-bond acceptors (Lipinski definition) is 3. The van der Waals surface area contributed by atoms with Crippen molar-refractivity contribution in [3.8, 4) is 0 Å². The van der Waals surface area contributed by atoms with Gasteiger partial charge in [-0.25, -0.2) is 8.42 Å². The van der Waals surface area contributed by atoms with E-state index in [9.17, 15) is 8.42 Å². The molecule has 0 aromatic heterocycles. The molecule has 0 N–H and O–H groups in total. The molecule has 0 amide bonds. The molecule has 1 saturated heterocycles. The van der Waals surface area contributed by atoms with Crippen LogP contribution in [0.5, 0.6) is 0 Å². The molecule has 1 aliphatic rings. The zero-order chi connectivity index (χ0) is 18.6. The largest absolute Gasteiger partial charge is 0.301 e. The van der Waals surface area contributed by atoms with E-state index in [0.717, 1.165) is 43.6 Å². The molecule has 2 aromatic rings. The van der Waals surface area contributed by atoms with Crippen LogP contribution in [-0.4, -0.2) is 50.3 Å². The van der Waals surface area contributed by atoms with Crippen molar-refractivity contribution in [2.45, 2.75) is 31.6 Å². The molecule has 1 aliphatic heterocycles. The molecule has 0 radical (unpaired) electrons. The minimum absolute atomic E-state index is 0.454. The summed E-state index contributed by atoms with van der Waals surface area (Å²) in [4.78, 5) is 2.83. The second-order valence-electron chi connectivity index (χ2n) is 7.10. The molecule has 0 saturated carbocycles. The number of hydrogen-bond donors (Lipinski definition) is 0. The van der Waals surface area contributed by atoms with Gasteiger partial charge in [-0.15, -0.1) is 0 Å². The van der Waals surface area contributed by atoms with Gasteiger partial charge in [0.1, 0.15) is 0 Å². The van der Waals surface area contributed by atoms with Crippen molar-refractivity contribution in [3.05, 3.63) is 65.2 Å². The van der Waals surface area contributed by atoms with Crippen LogP contribution in [0.3, 0.4) is 0 Å².